The monoisotopic (exact) mass is 569 g/mol. The highest BCUT2D eigenvalue weighted by Gasteiger charge is 2.45. The van der Waals surface area contributed by atoms with Crippen molar-refractivity contribution in [2.45, 2.75) is 37.1 Å². The van der Waals surface area contributed by atoms with Gasteiger partial charge in [0.05, 0.1) is 19.1 Å². The lowest BCUT2D eigenvalue weighted by Gasteiger charge is -2.22. The molecule has 4 atom stereocenters. The second kappa shape index (κ2) is 12.0. The highest BCUT2D eigenvalue weighted by atomic mass is 32.2. The van der Waals surface area contributed by atoms with Crippen LogP contribution in [0.15, 0.2) is 66.9 Å². The topological polar surface area (TPSA) is 158 Å². The highest BCUT2D eigenvalue weighted by molar-refractivity contribution is 7.85. The predicted molar refractivity (Wildman–Crippen MR) is 146 cm³/mol. The molecule has 40 heavy (non-hydrogen) atoms. The van der Waals surface area contributed by atoms with E-state index in [9.17, 15) is 18.6 Å². The van der Waals surface area contributed by atoms with Gasteiger partial charge < -0.3 is 25.0 Å². The highest BCUT2D eigenvalue weighted by Crippen LogP contribution is 2.35. The van der Waals surface area contributed by atoms with E-state index in [1.54, 1.807) is 4.57 Å². The summed E-state index contributed by atoms with van der Waals surface area (Å²) in [5.41, 5.74) is 2.84. The molecule has 1 aliphatic heterocycles. The van der Waals surface area contributed by atoms with E-state index < -0.39 is 34.7 Å². The quantitative estimate of drug-likeness (QED) is 0.226. The van der Waals surface area contributed by atoms with Crippen molar-refractivity contribution >= 4 is 27.2 Å². The Balaban J connectivity index is 1.53. The Kier molecular flexibility index (Phi) is 8.40. The van der Waals surface area contributed by atoms with Crippen LogP contribution in [0.4, 0.5) is 5.95 Å². The Labute approximate surface area is 231 Å². The molecule has 1 aliphatic rings. The summed E-state index contributed by atoms with van der Waals surface area (Å²) in [4.78, 5) is 13.3. The summed E-state index contributed by atoms with van der Waals surface area (Å²) >= 11 is 0. The second-order valence-corrected chi connectivity index (χ2v) is 11.2. The maximum absolute atomic E-state index is 11.5. The number of aliphatic hydroxyl groups excluding tert-OH is 2. The van der Waals surface area contributed by atoms with Crippen LogP contribution < -0.4 is 5.32 Å². The van der Waals surface area contributed by atoms with Gasteiger partial charge in [0, 0.05) is 19.6 Å². The zero-order chi connectivity index (χ0) is 28.3. The molecule has 4 aromatic rings. The average molecular weight is 570 g/mol. The van der Waals surface area contributed by atoms with Crippen LogP contribution in [0.3, 0.4) is 0 Å². The van der Waals surface area contributed by atoms with E-state index in [0.29, 0.717) is 18.0 Å². The molecule has 0 aliphatic carbocycles. The Bertz CT molecular complexity index is 1500. The first kappa shape index (κ1) is 28.1. The Morgan fingerprint density at radius 1 is 1.02 bits per heavy atom. The molecule has 12 nitrogen and oxygen atoms in total. The van der Waals surface area contributed by atoms with E-state index in [1.165, 1.54) is 13.3 Å². The van der Waals surface area contributed by atoms with E-state index >= 15 is 0 Å². The summed E-state index contributed by atoms with van der Waals surface area (Å²) < 4.78 is 40.6. The van der Waals surface area contributed by atoms with Crippen LogP contribution in [0.1, 0.15) is 29.1 Å². The maximum Gasteiger partial charge on any atom is 0.264 e. The molecule has 0 radical (unpaired) electrons. The molecule has 1 fully saturated rings. The van der Waals surface area contributed by atoms with Gasteiger partial charge in [-0.3, -0.25) is 8.75 Å². The van der Waals surface area contributed by atoms with Crippen LogP contribution in [0.5, 0.6) is 0 Å². The van der Waals surface area contributed by atoms with Gasteiger partial charge in [-0.25, -0.2) is 15.0 Å². The Morgan fingerprint density at radius 2 is 1.68 bits per heavy atom. The van der Waals surface area contributed by atoms with Crippen molar-refractivity contribution in [2.75, 3.05) is 31.8 Å². The van der Waals surface area contributed by atoms with E-state index in [0.717, 1.165) is 17.4 Å². The lowest BCUT2D eigenvalue weighted by atomic mass is 9.91. The van der Waals surface area contributed by atoms with Crippen LogP contribution >= 0.6 is 0 Å². The first-order chi connectivity index (χ1) is 19.2. The summed E-state index contributed by atoms with van der Waals surface area (Å²) in [6.45, 7) is 0.119. The van der Waals surface area contributed by atoms with Gasteiger partial charge >= 0.3 is 0 Å². The van der Waals surface area contributed by atoms with Crippen LogP contribution in [0, 0.1) is 0 Å². The van der Waals surface area contributed by atoms with Crippen LogP contribution in [0.25, 0.3) is 11.2 Å². The van der Waals surface area contributed by atoms with Crippen molar-refractivity contribution in [1.29, 1.82) is 0 Å². The molecule has 0 saturated carbocycles. The van der Waals surface area contributed by atoms with Gasteiger partial charge in [-0.05, 0) is 11.1 Å². The molecule has 2 aromatic carbocycles. The smallest absolute Gasteiger partial charge is 0.264 e. The van der Waals surface area contributed by atoms with Gasteiger partial charge in [-0.2, -0.15) is 8.42 Å². The fourth-order valence-corrected chi connectivity index (χ4v) is 5.08. The number of hydrogen-bond acceptors (Lipinski definition) is 11. The number of nitrogens with zero attached hydrogens (tertiary/aromatic N) is 4. The fourth-order valence-electron chi connectivity index (χ4n) is 4.76. The third-order valence-corrected chi connectivity index (χ3v) is 7.22. The summed E-state index contributed by atoms with van der Waals surface area (Å²) in [6, 6.07) is 20.1. The third kappa shape index (κ3) is 6.14. The molecule has 3 N–H and O–H groups in total. The first-order valence-corrected chi connectivity index (χ1v) is 14.5. The number of aromatic nitrogens is 4. The number of nitrogens with one attached hydrogen (secondary N) is 1. The van der Waals surface area contributed by atoms with E-state index in [-0.39, 0.29) is 30.6 Å². The summed E-state index contributed by atoms with van der Waals surface area (Å²) in [5.74, 6) is 0.386. The van der Waals surface area contributed by atoms with Gasteiger partial charge in [0.2, 0.25) is 5.95 Å². The van der Waals surface area contributed by atoms with Gasteiger partial charge in [-0.1, -0.05) is 60.7 Å². The molecule has 5 rings (SSSR count). The number of hydrogen-bond donors (Lipinski definition) is 3. The zero-order valence-electron chi connectivity index (χ0n) is 22.0. The fraction of sp³-hybridized carbons (Fsp3) is 0.370. The van der Waals surface area contributed by atoms with Crippen molar-refractivity contribution in [1.82, 2.24) is 19.5 Å². The molecule has 0 spiro atoms. The molecule has 0 unspecified atom stereocenters. The summed E-state index contributed by atoms with van der Waals surface area (Å²) in [6.07, 6.45) is -2.00. The average Bonchev–Trinajstić information content (AvgIpc) is 3.44. The molecular formula is C27H31N5O7S. The van der Waals surface area contributed by atoms with Gasteiger partial charge in [0.15, 0.2) is 17.7 Å². The second-order valence-electron chi connectivity index (χ2n) is 9.52. The number of rotatable bonds is 11. The molecule has 212 valence electrons. The summed E-state index contributed by atoms with van der Waals surface area (Å²) in [5, 5.41) is 25.0. The first-order valence-electron chi connectivity index (χ1n) is 12.7. The number of aliphatic hydroxyl groups is 2. The molecule has 0 amide bonds. The van der Waals surface area contributed by atoms with Gasteiger partial charge in [-0.15, -0.1) is 0 Å². The largest absolute Gasteiger partial charge is 0.387 e. The Morgan fingerprint density at radius 3 is 2.27 bits per heavy atom. The number of benzene rings is 2. The molecule has 13 heteroatoms. The lowest BCUT2D eigenvalue weighted by Crippen LogP contribution is -2.33. The Hall–Kier alpha value is -3.46. The number of methoxy groups -OCH3 is 1. The number of ether oxygens (including phenoxy) is 2. The molecule has 1 saturated heterocycles. The summed E-state index contributed by atoms with van der Waals surface area (Å²) in [7, 11) is -2.25. The van der Waals surface area contributed by atoms with E-state index in [1.807, 2.05) is 36.4 Å². The predicted octanol–water partition coefficient (Wildman–Crippen LogP) is 1.81. The van der Waals surface area contributed by atoms with E-state index in [2.05, 4.69) is 44.5 Å². The molecular weight excluding hydrogens is 538 g/mol. The van der Waals surface area contributed by atoms with Gasteiger partial charge in [0.25, 0.3) is 10.1 Å². The standard InChI is InChI=1S/C27H31N5O7S/c1-37-15-21-23(33)24(34)26(39-21)32-25-20(14-28-22(31-25)16-38-40(2,35)36)30-27(32)29-13-19(17-9-5-3-6-10-17)18-11-7-4-8-12-18/h3-12,14,19,21,23-24,26,33-34H,13,15-16H2,1-2H3,(H,29,30)/t21-,23-,24-,26-/m1/s1. The molecule has 2 aromatic heterocycles. The van der Waals surface area contributed by atoms with Crippen molar-refractivity contribution < 1.29 is 32.3 Å². The number of fused-ring (bicyclic) bond motifs is 1. The lowest BCUT2D eigenvalue weighted by molar-refractivity contribution is -0.0571. The van der Waals surface area contributed by atoms with Crippen molar-refractivity contribution in [2.24, 2.45) is 0 Å². The minimum absolute atomic E-state index is 0.0401. The van der Waals surface area contributed by atoms with Gasteiger partial charge in [0.1, 0.15) is 30.4 Å². The van der Waals surface area contributed by atoms with E-state index in [4.69, 9.17) is 13.7 Å². The van der Waals surface area contributed by atoms with Crippen molar-refractivity contribution in [3.05, 3.63) is 83.8 Å². The van der Waals surface area contributed by atoms with Crippen LogP contribution in [-0.2, 0) is 30.4 Å². The van der Waals surface area contributed by atoms with Crippen molar-refractivity contribution in [3.63, 3.8) is 0 Å². The molecule has 3 heterocycles. The normalized spacial score (nSPS) is 21.3. The van der Waals surface area contributed by atoms with Crippen LogP contribution in [0.2, 0.25) is 0 Å². The molecule has 0 bridgehead atoms. The zero-order valence-corrected chi connectivity index (χ0v) is 22.8. The minimum Gasteiger partial charge on any atom is -0.387 e. The maximum atomic E-state index is 11.5. The SMILES string of the molecule is COC[C@H]1O[C@@H](n2c(NCC(c3ccccc3)c3ccccc3)nc3cnc(COS(C)(=O)=O)nc32)[C@H](O)[C@@H]1O. The number of anilines is 1. The third-order valence-electron chi connectivity index (χ3n) is 6.68. The minimum atomic E-state index is -3.72. The van der Waals surface area contributed by atoms with Crippen LogP contribution in [-0.4, -0.2) is 83.0 Å². The van der Waals surface area contributed by atoms with Crippen molar-refractivity contribution in [3.8, 4) is 0 Å². The number of imidazole rings is 1.